The van der Waals surface area contributed by atoms with Crippen molar-refractivity contribution in [2.75, 3.05) is 20.3 Å². The Morgan fingerprint density at radius 1 is 1.38 bits per heavy atom. The minimum atomic E-state index is -0.954. The van der Waals surface area contributed by atoms with Crippen molar-refractivity contribution in [2.45, 2.75) is 36.8 Å². The van der Waals surface area contributed by atoms with Crippen LogP contribution in [-0.4, -0.2) is 54.3 Å². The second-order valence-corrected chi connectivity index (χ2v) is 6.95. The van der Waals surface area contributed by atoms with Crippen molar-refractivity contribution in [2.24, 2.45) is 5.92 Å². The fourth-order valence-electron chi connectivity index (χ4n) is 4.33. The average Bonchev–Trinajstić information content (AvgIpc) is 3.12. The third-order valence-electron chi connectivity index (χ3n) is 5.77. The number of para-hydroxylation sites is 1. The number of carboxylic acids is 1. The summed E-state index contributed by atoms with van der Waals surface area (Å²) in [6, 6.07) is 7.08. The van der Waals surface area contributed by atoms with Crippen molar-refractivity contribution >= 4 is 11.9 Å². The first-order chi connectivity index (χ1) is 11.6. The molecule has 1 saturated carbocycles. The zero-order valence-electron chi connectivity index (χ0n) is 13.6. The van der Waals surface area contributed by atoms with E-state index in [0.717, 1.165) is 24.2 Å². The van der Waals surface area contributed by atoms with Gasteiger partial charge >= 0.3 is 5.97 Å². The van der Waals surface area contributed by atoms with Crippen molar-refractivity contribution in [3.63, 3.8) is 0 Å². The highest BCUT2D eigenvalue weighted by Crippen LogP contribution is 2.61. The first-order valence-corrected chi connectivity index (χ1v) is 8.35. The standard InChI is InChI=1S/C18H21NO5/c1-23-11-8-14(17(21)22)19(10-11)16(20)13-9-18(13)6-7-24-15-5-3-2-4-12(15)18/h2-5,11,13-14H,6-10H2,1H3,(H,21,22)/t11?,13-,14?,18-/m0/s1. The summed E-state index contributed by atoms with van der Waals surface area (Å²) in [5, 5.41) is 9.44. The average molecular weight is 331 g/mol. The zero-order chi connectivity index (χ0) is 16.9. The van der Waals surface area contributed by atoms with E-state index in [1.807, 2.05) is 24.3 Å². The van der Waals surface area contributed by atoms with Gasteiger partial charge < -0.3 is 19.5 Å². The molecule has 1 aromatic carbocycles. The number of benzene rings is 1. The van der Waals surface area contributed by atoms with Gasteiger partial charge in [-0.25, -0.2) is 4.79 Å². The summed E-state index contributed by atoms with van der Waals surface area (Å²) in [5.74, 6) is -0.311. The number of fused-ring (bicyclic) bond motifs is 2. The highest BCUT2D eigenvalue weighted by Gasteiger charge is 2.63. The maximum Gasteiger partial charge on any atom is 0.326 e. The van der Waals surface area contributed by atoms with E-state index in [-0.39, 0.29) is 23.3 Å². The Morgan fingerprint density at radius 3 is 2.92 bits per heavy atom. The van der Waals surface area contributed by atoms with E-state index in [1.54, 1.807) is 7.11 Å². The number of ether oxygens (including phenoxy) is 2. The minimum Gasteiger partial charge on any atom is -0.493 e. The van der Waals surface area contributed by atoms with Crippen molar-refractivity contribution in [3.05, 3.63) is 29.8 Å². The molecule has 2 heterocycles. The molecule has 4 atom stereocenters. The lowest BCUT2D eigenvalue weighted by atomic mass is 9.87. The minimum absolute atomic E-state index is 0.0568. The lowest BCUT2D eigenvalue weighted by molar-refractivity contribution is -0.149. The first-order valence-electron chi connectivity index (χ1n) is 8.35. The van der Waals surface area contributed by atoms with Crippen molar-refractivity contribution in [1.29, 1.82) is 0 Å². The Morgan fingerprint density at radius 2 is 2.17 bits per heavy atom. The van der Waals surface area contributed by atoms with Gasteiger partial charge in [0.2, 0.25) is 5.91 Å². The monoisotopic (exact) mass is 331 g/mol. The normalized spacial score (nSPS) is 33.9. The van der Waals surface area contributed by atoms with Gasteiger partial charge in [-0.05, 0) is 18.9 Å². The summed E-state index contributed by atoms with van der Waals surface area (Å²) in [4.78, 5) is 26.1. The van der Waals surface area contributed by atoms with Gasteiger partial charge in [0, 0.05) is 37.0 Å². The number of nitrogens with zero attached hydrogens (tertiary/aromatic N) is 1. The van der Waals surface area contributed by atoms with E-state index < -0.39 is 12.0 Å². The molecule has 6 nitrogen and oxygen atoms in total. The molecular formula is C18H21NO5. The Kier molecular flexibility index (Phi) is 3.53. The molecule has 24 heavy (non-hydrogen) atoms. The van der Waals surface area contributed by atoms with Crippen LogP contribution in [-0.2, 0) is 19.7 Å². The Balaban J connectivity index is 1.58. The van der Waals surface area contributed by atoms with Crippen LogP contribution in [0.1, 0.15) is 24.8 Å². The molecule has 3 aliphatic rings. The van der Waals surface area contributed by atoms with Gasteiger partial charge in [0.05, 0.1) is 12.7 Å². The summed E-state index contributed by atoms with van der Waals surface area (Å²) in [7, 11) is 1.56. The number of carboxylic acid groups (broad SMARTS) is 1. The molecule has 128 valence electrons. The van der Waals surface area contributed by atoms with Crippen LogP contribution < -0.4 is 4.74 Å². The summed E-state index contributed by atoms with van der Waals surface area (Å²) >= 11 is 0. The van der Waals surface area contributed by atoms with Crippen LogP contribution in [0.4, 0.5) is 0 Å². The SMILES string of the molecule is COC1CC(C(=O)O)N(C(=O)[C@@H]2C[C@]23CCOc2ccccc23)C1. The molecule has 0 radical (unpaired) electrons. The topological polar surface area (TPSA) is 76.1 Å². The molecule has 0 bridgehead atoms. The van der Waals surface area contributed by atoms with Crippen LogP contribution in [0.3, 0.4) is 0 Å². The highest BCUT2D eigenvalue weighted by atomic mass is 16.5. The molecule has 2 aliphatic heterocycles. The summed E-state index contributed by atoms with van der Waals surface area (Å²) in [5.41, 5.74) is 0.907. The molecule has 0 aromatic heterocycles. The van der Waals surface area contributed by atoms with Gasteiger partial charge in [-0.15, -0.1) is 0 Å². The Labute approximate surface area is 140 Å². The molecule has 1 saturated heterocycles. The molecule has 1 aromatic rings. The zero-order valence-corrected chi connectivity index (χ0v) is 13.6. The number of carbonyl (C=O) groups is 2. The molecule has 1 N–H and O–H groups in total. The molecular weight excluding hydrogens is 310 g/mol. The summed E-state index contributed by atoms with van der Waals surface area (Å²) < 4.78 is 11.0. The van der Waals surface area contributed by atoms with Gasteiger partial charge in [0.25, 0.3) is 0 Å². The van der Waals surface area contributed by atoms with Crippen molar-refractivity contribution < 1.29 is 24.2 Å². The summed E-state index contributed by atoms with van der Waals surface area (Å²) in [6.07, 6.45) is 1.73. The number of hydrogen-bond acceptors (Lipinski definition) is 4. The smallest absolute Gasteiger partial charge is 0.326 e. The van der Waals surface area contributed by atoms with Gasteiger partial charge in [0.1, 0.15) is 11.8 Å². The molecule has 2 unspecified atom stereocenters. The predicted molar refractivity (Wildman–Crippen MR) is 84.9 cm³/mol. The van der Waals surface area contributed by atoms with E-state index in [4.69, 9.17) is 9.47 Å². The number of aliphatic carboxylic acids is 1. The maximum atomic E-state index is 13.0. The second kappa shape index (κ2) is 5.48. The molecule has 1 aliphatic carbocycles. The van der Waals surface area contributed by atoms with Gasteiger partial charge in [-0.1, -0.05) is 18.2 Å². The number of amides is 1. The maximum absolute atomic E-state index is 13.0. The second-order valence-electron chi connectivity index (χ2n) is 6.95. The largest absolute Gasteiger partial charge is 0.493 e. The number of rotatable bonds is 3. The molecule has 6 heteroatoms. The predicted octanol–water partition coefficient (Wildman–Crippen LogP) is 1.43. The fraction of sp³-hybridized carbons (Fsp3) is 0.556. The molecule has 1 amide bonds. The van der Waals surface area contributed by atoms with Crippen LogP contribution in [0.5, 0.6) is 5.75 Å². The number of likely N-dealkylation sites (tertiary alicyclic amines) is 1. The van der Waals surface area contributed by atoms with Crippen LogP contribution >= 0.6 is 0 Å². The van der Waals surface area contributed by atoms with Gasteiger partial charge in [-0.2, -0.15) is 0 Å². The van der Waals surface area contributed by atoms with Crippen LogP contribution in [0.2, 0.25) is 0 Å². The van der Waals surface area contributed by atoms with E-state index in [9.17, 15) is 14.7 Å². The van der Waals surface area contributed by atoms with E-state index in [1.165, 1.54) is 4.90 Å². The lowest BCUT2D eigenvalue weighted by Crippen LogP contribution is -2.42. The quantitative estimate of drug-likeness (QED) is 0.907. The van der Waals surface area contributed by atoms with Crippen LogP contribution in [0.15, 0.2) is 24.3 Å². The van der Waals surface area contributed by atoms with Crippen molar-refractivity contribution in [1.82, 2.24) is 4.90 Å². The lowest BCUT2D eigenvalue weighted by Gasteiger charge is -2.28. The van der Waals surface area contributed by atoms with Crippen LogP contribution in [0, 0.1) is 5.92 Å². The molecule has 2 fully saturated rings. The molecule has 4 rings (SSSR count). The third kappa shape index (κ3) is 2.20. The highest BCUT2D eigenvalue weighted by molar-refractivity contribution is 5.89. The van der Waals surface area contributed by atoms with E-state index in [2.05, 4.69) is 0 Å². The van der Waals surface area contributed by atoms with Gasteiger partial charge in [-0.3, -0.25) is 4.79 Å². The van der Waals surface area contributed by atoms with Gasteiger partial charge in [0.15, 0.2) is 0 Å². The number of methoxy groups -OCH3 is 1. The number of hydrogen-bond donors (Lipinski definition) is 1. The van der Waals surface area contributed by atoms with Crippen molar-refractivity contribution in [3.8, 4) is 5.75 Å². The Bertz CT molecular complexity index is 690. The van der Waals surface area contributed by atoms with Crippen LogP contribution in [0.25, 0.3) is 0 Å². The third-order valence-corrected chi connectivity index (χ3v) is 5.77. The van der Waals surface area contributed by atoms with E-state index in [0.29, 0.717) is 19.6 Å². The van der Waals surface area contributed by atoms with E-state index >= 15 is 0 Å². The Hall–Kier alpha value is -2.08. The fourth-order valence-corrected chi connectivity index (χ4v) is 4.33. The molecule has 1 spiro atoms. The first kappa shape index (κ1) is 15.4. The summed E-state index contributed by atoms with van der Waals surface area (Å²) in [6.45, 7) is 0.959. The number of carbonyl (C=O) groups excluding carboxylic acids is 1.